The maximum absolute atomic E-state index is 14.0. The van der Waals surface area contributed by atoms with Crippen molar-refractivity contribution in [2.45, 2.75) is 17.9 Å². The van der Waals surface area contributed by atoms with Crippen molar-refractivity contribution < 1.29 is 12.8 Å². The highest BCUT2D eigenvalue weighted by Gasteiger charge is 2.27. The van der Waals surface area contributed by atoms with Gasteiger partial charge in [-0.25, -0.2) is 12.8 Å². The normalized spacial score (nSPS) is 11.4. The van der Waals surface area contributed by atoms with E-state index < -0.39 is 20.7 Å². The van der Waals surface area contributed by atoms with Crippen molar-refractivity contribution >= 4 is 26.0 Å². The molecule has 1 aromatic heterocycles. The van der Waals surface area contributed by atoms with Crippen molar-refractivity contribution in [2.75, 3.05) is 6.54 Å². The van der Waals surface area contributed by atoms with Crippen LogP contribution in [-0.2, 0) is 16.6 Å². The van der Waals surface area contributed by atoms with E-state index in [1.807, 2.05) is 6.07 Å². The molecule has 0 saturated carbocycles. The lowest BCUT2D eigenvalue weighted by Gasteiger charge is -2.21. The largest absolute Gasteiger partial charge is 0.264 e. The first-order valence-corrected chi connectivity index (χ1v) is 8.89. The Morgan fingerprint density at radius 3 is 2.78 bits per heavy atom. The van der Waals surface area contributed by atoms with Gasteiger partial charge in [0.2, 0.25) is 10.0 Å². The summed E-state index contributed by atoms with van der Waals surface area (Å²) in [6, 6.07) is 9.04. The van der Waals surface area contributed by atoms with Gasteiger partial charge < -0.3 is 0 Å². The number of hydrogen-bond acceptors (Lipinski definition) is 4. The number of rotatable bonds is 6. The van der Waals surface area contributed by atoms with E-state index in [4.69, 9.17) is 5.26 Å². The van der Waals surface area contributed by atoms with Crippen LogP contribution < -0.4 is 0 Å². The monoisotopic (exact) mass is 397 g/mol. The topological polar surface area (TPSA) is 74.1 Å². The van der Waals surface area contributed by atoms with E-state index in [2.05, 4.69) is 20.9 Å². The van der Waals surface area contributed by atoms with Crippen LogP contribution in [0.3, 0.4) is 0 Å². The van der Waals surface area contributed by atoms with Gasteiger partial charge in [-0.2, -0.15) is 9.57 Å². The number of benzene rings is 1. The Hall–Kier alpha value is -1.82. The van der Waals surface area contributed by atoms with Crippen LogP contribution >= 0.6 is 15.9 Å². The molecule has 0 aliphatic carbocycles. The molecular weight excluding hydrogens is 385 g/mol. The smallest absolute Gasteiger partial charge is 0.246 e. The standard InChI is InChI=1S/C15H13BrFN3O2S/c16-13-4-5-14(17)15(9-13)23(21,22)20(8-2-6-18)11-12-3-1-7-19-10-12/h1,3-5,7,9-10H,2,8,11H2. The average molecular weight is 398 g/mol. The quantitative estimate of drug-likeness (QED) is 0.750. The van der Waals surface area contributed by atoms with Crippen LogP contribution in [0.4, 0.5) is 4.39 Å². The molecule has 0 saturated heterocycles. The summed E-state index contributed by atoms with van der Waals surface area (Å²) in [4.78, 5) is 3.51. The number of aromatic nitrogens is 1. The lowest BCUT2D eigenvalue weighted by atomic mass is 10.3. The molecule has 23 heavy (non-hydrogen) atoms. The zero-order valence-electron chi connectivity index (χ0n) is 12.0. The Bertz CT molecular complexity index is 822. The second kappa shape index (κ2) is 7.64. The van der Waals surface area contributed by atoms with Gasteiger partial charge in [-0.05, 0) is 29.8 Å². The molecule has 2 rings (SSSR count). The molecule has 0 aliphatic heterocycles. The minimum atomic E-state index is -4.08. The van der Waals surface area contributed by atoms with Gasteiger partial charge in [0.15, 0.2) is 0 Å². The molecule has 0 spiro atoms. The Balaban J connectivity index is 2.40. The summed E-state index contributed by atoms with van der Waals surface area (Å²) in [5.74, 6) is -0.832. The van der Waals surface area contributed by atoms with Gasteiger partial charge in [0.1, 0.15) is 10.7 Å². The van der Waals surface area contributed by atoms with Crippen molar-refractivity contribution in [3.05, 3.63) is 58.6 Å². The molecule has 0 fully saturated rings. The first kappa shape index (κ1) is 17.5. The van der Waals surface area contributed by atoms with Crippen molar-refractivity contribution in [3.8, 4) is 6.07 Å². The summed E-state index contributed by atoms with van der Waals surface area (Å²) in [5, 5.41) is 8.75. The molecule has 0 bridgehead atoms. The number of sulfonamides is 1. The summed E-state index contributed by atoms with van der Waals surface area (Å²) >= 11 is 3.15. The highest BCUT2D eigenvalue weighted by Crippen LogP contribution is 2.24. The van der Waals surface area contributed by atoms with Gasteiger partial charge in [-0.3, -0.25) is 4.98 Å². The molecule has 0 radical (unpaired) electrons. The van der Waals surface area contributed by atoms with Gasteiger partial charge in [0.05, 0.1) is 6.07 Å². The number of nitrogens with zero attached hydrogens (tertiary/aromatic N) is 3. The van der Waals surface area contributed by atoms with Crippen LogP contribution in [0.15, 0.2) is 52.1 Å². The van der Waals surface area contributed by atoms with E-state index >= 15 is 0 Å². The van der Waals surface area contributed by atoms with Crippen LogP contribution in [0.25, 0.3) is 0 Å². The fourth-order valence-electron chi connectivity index (χ4n) is 1.97. The van der Waals surface area contributed by atoms with Crippen LogP contribution in [0.1, 0.15) is 12.0 Å². The third kappa shape index (κ3) is 4.34. The SMILES string of the molecule is N#CCCN(Cc1cccnc1)S(=O)(=O)c1cc(Br)ccc1F. The van der Waals surface area contributed by atoms with Gasteiger partial charge in [-0.15, -0.1) is 0 Å². The maximum atomic E-state index is 14.0. The second-order valence-corrected chi connectivity index (χ2v) is 7.50. The second-order valence-electron chi connectivity index (χ2n) is 4.68. The predicted molar refractivity (Wildman–Crippen MR) is 86.2 cm³/mol. The highest BCUT2D eigenvalue weighted by molar-refractivity contribution is 9.10. The number of pyridine rings is 1. The lowest BCUT2D eigenvalue weighted by molar-refractivity contribution is 0.409. The van der Waals surface area contributed by atoms with Crippen LogP contribution in [0.2, 0.25) is 0 Å². The fourth-order valence-corrected chi connectivity index (χ4v) is 4.00. The molecule has 5 nitrogen and oxygen atoms in total. The molecule has 0 aliphatic rings. The van der Waals surface area contributed by atoms with E-state index in [0.29, 0.717) is 10.0 Å². The van der Waals surface area contributed by atoms with Crippen LogP contribution in [-0.4, -0.2) is 24.3 Å². The van der Waals surface area contributed by atoms with Gasteiger partial charge in [0, 0.05) is 36.4 Å². The van der Waals surface area contributed by atoms with E-state index in [0.717, 1.165) is 10.4 Å². The van der Waals surface area contributed by atoms with Gasteiger partial charge >= 0.3 is 0 Å². The van der Waals surface area contributed by atoms with E-state index in [-0.39, 0.29) is 19.5 Å². The minimum absolute atomic E-state index is 0.00904. The summed E-state index contributed by atoms with van der Waals surface area (Å²) in [7, 11) is -4.08. The minimum Gasteiger partial charge on any atom is -0.264 e. The molecule has 1 heterocycles. The Morgan fingerprint density at radius 2 is 2.13 bits per heavy atom. The summed E-state index contributed by atoms with van der Waals surface area (Å²) in [5.41, 5.74) is 0.657. The summed E-state index contributed by atoms with van der Waals surface area (Å²) < 4.78 is 41.0. The Kier molecular flexibility index (Phi) is 5.82. The van der Waals surface area contributed by atoms with Crippen LogP contribution in [0, 0.1) is 17.1 Å². The van der Waals surface area contributed by atoms with E-state index in [1.54, 1.807) is 18.3 Å². The average Bonchev–Trinajstić information content (AvgIpc) is 2.54. The van der Waals surface area contributed by atoms with Crippen molar-refractivity contribution in [2.24, 2.45) is 0 Å². The summed E-state index contributed by atoms with van der Waals surface area (Å²) in [6.45, 7) is -0.0104. The molecule has 1 aromatic carbocycles. The maximum Gasteiger partial charge on any atom is 0.246 e. The molecule has 0 atom stereocenters. The third-order valence-electron chi connectivity index (χ3n) is 3.07. The van der Waals surface area contributed by atoms with Crippen LogP contribution in [0.5, 0.6) is 0 Å². The first-order chi connectivity index (χ1) is 10.9. The number of hydrogen-bond donors (Lipinski definition) is 0. The molecule has 0 unspecified atom stereocenters. The molecule has 8 heteroatoms. The Labute approximate surface area is 142 Å². The number of nitriles is 1. The summed E-state index contributed by atoms with van der Waals surface area (Å²) in [6.07, 6.45) is 3.12. The highest BCUT2D eigenvalue weighted by atomic mass is 79.9. The molecule has 120 valence electrons. The number of halogens is 2. The zero-order chi connectivity index (χ0) is 16.9. The van der Waals surface area contributed by atoms with Crippen molar-refractivity contribution in [1.82, 2.24) is 9.29 Å². The first-order valence-electron chi connectivity index (χ1n) is 6.66. The van der Waals surface area contributed by atoms with Crippen molar-refractivity contribution in [3.63, 3.8) is 0 Å². The van der Waals surface area contributed by atoms with Gasteiger partial charge in [0.25, 0.3) is 0 Å². The third-order valence-corrected chi connectivity index (χ3v) is 5.42. The molecular formula is C15H13BrFN3O2S. The fraction of sp³-hybridized carbons (Fsp3) is 0.200. The van der Waals surface area contributed by atoms with E-state index in [1.165, 1.54) is 18.3 Å². The van der Waals surface area contributed by atoms with E-state index in [9.17, 15) is 12.8 Å². The molecule has 2 aromatic rings. The van der Waals surface area contributed by atoms with Gasteiger partial charge in [-0.1, -0.05) is 22.0 Å². The Morgan fingerprint density at radius 1 is 1.35 bits per heavy atom. The molecule has 0 amide bonds. The lowest BCUT2D eigenvalue weighted by Crippen LogP contribution is -2.32. The molecule has 0 N–H and O–H groups in total. The zero-order valence-corrected chi connectivity index (χ0v) is 14.4. The predicted octanol–water partition coefficient (Wildman–Crippen LogP) is 3.09. The van der Waals surface area contributed by atoms with Crippen molar-refractivity contribution in [1.29, 1.82) is 5.26 Å².